The lowest BCUT2D eigenvalue weighted by Gasteiger charge is -2.40. The van der Waals surface area contributed by atoms with E-state index in [0.29, 0.717) is 25.6 Å². The Balaban J connectivity index is 1.97. The van der Waals surface area contributed by atoms with Gasteiger partial charge < -0.3 is 9.80 Å². The predicted molar refractivity (Wildman–Crippen MR) is 88.2 cm³/mol. The van der Waals surface area contributed by atoms with Crippen LogP contribution in [0, 0.1) is 11.8 Å². The predicted octanol–water partition coefficient (Wildman–Crippen LogP) is 2.61. The molecule has 0 aromatic carbocycles. The zero-order valence-electron chi connectivity index (χ0n) is 14.2. The number of hydrogen-bond donors (Lipinski definition) is 0. The van der Waals surface area contributed by atoms with Crippen molar-refractivity contribution in [2.45, 2.75) is 46.6 Å². The van der Waals surface area contributed by atoms with Crippen LogP contribution in [-0.4, -0.2) is 47.3 Å². The second kappa shape index (κ2) is 7.12. The van der Waals surface area contributed by atoms with Crippen LogP contribution in [0.1, 0.15) is 40.5 Å². The van der Waals surface area contributed by atoms with E-state index in [-0.39, 0.29) is 23.8 Å². The van der Waals surface area contributed by atoms with Crippen molar-refractivity contribution in [1.29, 1.82) is 0 Å². The van der Waals surface area contributed by atoms with E-state index in [1.165, 1.54) is 12.8 Å². The summed E-state index contributed by atoms with van der Waals surface area (Å²) in [6.45, 7) is 9.66. The van der Waals surface area contributed by atoms with Crippen molar-refractivity contribution in [2.75, 3.05) is 19.6 Å². The molecule has 22 heavy (non-hydrogen) atoms. The number of carbonyl (C=O) groups excluding carboxylic acids is 2. The molecule has 0 aromatic heterocycles. The van der Waals surface area contributed by atoms with Crippen molar-refractivity contribution in [3.8, 4) is 0 Å². The van der Waals surface area contributed by atoms with Gasteiger partial charge in [-0.2, -0.15) is 0 Å². The molecule has 0 bridgehead atoms. The van der Waals surface area contributed by atoms with E-state index in [0.717, 1.165) is 5.57 Å². The summed E-state index contributed by atoms with van der Waals surface area (Å²) in [5.74, 6) is 0.949. The average molecular weight is 304 g/mol. The minimum absolute atomic E-state index is 0.0158. The van der Waals surface area contributed by atoms with Crippen molar-refractivity contribution in [1.82, 2.24) is 9.80 Å². The molecule has 1 aliphatic heterocycles. The fourth-order valence-electron chi connectivity index (χ4n) is 2.81. The lowest BCUT2D eigenvalue weighted by Crippen LogP contribution is -2.56. The molecule has 0 radical (unpaired) electrons. The van der Waals surface area contributed by atoms with E-state index >= 15 is 0 Å². The number of piperazine rings is 1. The van der Waals surface area contributed by atoms with E-state index in [1.54, 1.807) is 0 Å². The van der Waals surface area contributed by atoms with E-state index < -0.39 is 0 Å². The summed E-state index contributed by atoms with van der Waals surface area (Å²) in [7, 11) is 0. The monoisotopic (exact) mass is 304 g/mol. The first-order chi connectivity index (χ1) is 10.4. The van der Waals surface area contributed by atoms with Crippen LogP contribution in [0.25, 0.3) is 0 Å². The molecule has 1 heterocycles. The topological polar surface area (TPSA) is 40.6 Å². The van der Waals surface area contributed by atoms with Crippen LogP contribution < -0.4 is 0 Å². The molecule has 1 unspecified atom stereocenters. The van der Waals surface area contributed by atoms with Gasteiger partial charge in [0.2, 0.25) is 5.91 Å². The minimum atomic E-state index is 0.0158. The Labute approximate surface area is 133 Å². The highest BCUT2D eigenvalue weighted by Crippen LogP contribution is 2.30. The smallest absolute Gasteiger partial charge is 0.253 e. The van der Waals surface area contributed by atoms with Crippen LogP contribution in [-0.2, 0) is 9.59 Å². The van der Waals surface area contributed by atoms with E-state index in [1.807, 2.05) is 49.6 Å². The van der Waals surface area contributed by atoms with Crippen molar-refractivity contribution >= 4 is 11.8 Å². The van der Waals surface area contributed by atoms with Crippen LogP contribution in [0.4, 0.5) is 0 Å². The van der Waals surface area contributed by atoms with Gasteiger partial charge in [0.05, 0.1) is 0 Å². The van der Waals surface area contributed by atoms with Gasteiger partial charge in [0.15, 0.2) is 0 Å². The molecule has 2 fully saturated rings. The maximum Gasteiger partial charge on any atom is 0.253 e. The van der Waals surface area contributed by atoms with Crippen molar-refractivity contribution < 1.29 is 9.59 Å². The normalized spacial score (nSPS) is 23.5. The Morgan fingerprint density at radius 1 is 1.18 bits per heavy atom. The third-order valence-electron chi connectivity index (χ3n) is 4.42. The van der Waals surface area contributed by atoms with Crippen molar-refractivity contribution in [3.05, 3.63) is 23.8 Å². The van der Waals surface area contributed by atoms with Gasteiger partial charge in [-0.15, -0.1) is 0 Å². The van der Waals surface area contributed by atoms with Crippen LogP contribution in [0.15, 0.2) is 23.8 Å². The summed E-state index contributed by atoms with van der Waals surface area (Å²) in [5, 5.41) is 0. The summed E-state index contributed by atoms with van der Waals surface area (Å²) in [6.07, 6.45) is 8.50. The minimum Gasteiger partial charge on any atom is -0.339 e. The van der Waals surface area contributed by atoms with Crippen LogP contribution in [0.2, 0.25) is 0 Å². The number of rotatable bonds is 4. The zero-order valence-corrected chi connectivity index (χ0v) is 14.2. The van der Waals surface area contributed by atoms with Gasteiger partial charge in [0.25, 0.3) is 5.91 Å². The second-order valence-corrected chi connectivity index (χ2v) is 6.73. The number of amides is 2. The van der Waals surface area contributed by atoms with E-state index in [2.05, 4.69) is 6.08 Å². The molecule has 1 saturated carbocycles. The second-order valence-electron chi connectivity index (χ2n) is 6.73. The summed E-state index contributed by atoms with van der Waals surface area (Å²) < 4.78 is 0. The highest BCUT2D eigenvalue weighted by atomic mass is 16.2. The molecule has 0 aromatic rings. The maximum atomic E-state index is 12.7. The molecule has 1 saturated heterocycles. The number of carbonyl (C=O) groups is 2. The lowest BCUT2D eigenvalue weighted by molar-refractivity contribution is -0.142. The van der Waals surface area contributed by atoms with Crippen molar-refractivity contribution in [3.63, 3.8) is 0 Å². The quantitative estimate of drug-likeness (QED) is 0.592. The summed E-state index contributed by atoms with van der Waals surface area (Å²) in [4.78, 5) is 28.6. The van der Waals surface area contributed by atoms with Crippen LogP contribution in [0.5, 0.6) is 0 Å². The Morgan fingerprint density at radius 3 is 2.36 bits per heavy atom. The van der Waals surface area contributed by atoms with E-state index in [4.69, 9.17) is 0 Å². The van der Waals surface area contributed by atoms with Gasteiger partial charge in [-0.05, 0) is 32.6 Å². The fourth-order valence-corrected chi connectivity index (χ4v) is 2.81. The molecule has 1 atom stereocenters. The van der Waals surface area contributed by atoms with E-state index in [9.17, 15) is 9.59 Å². The highest BCUT2D eigenvalue weighted by Gasteiger charge is 2.31. The Hall–Kier alpha value is -1.58. The third kappa shape index (κ3) is 3.99. The third-order valence-corrected chi connectivity index (χ3v) is 4.42. The lowest BCUT2D eigenvalue weighted by atomic mass is 10.1. The number of hydrogen-bond acceptors (Lipinski definition) is 2. The molecule has 0 N–H and O–H groups in total. The first-order valence-electron chi connectivity index (χ1n) is 8.38. The van der Waals surface area contributed by atoms with Gasteiger partial charge in [-0.25, -0.2) is 0 Å². The Morgan fingerprint density at radius 2 is 1.86 bits per heavy atom. The van der Waals surface area contributed by atoms with Crippen LogP contribution >= 0.6 is 0 Å². The van der Waals surface area contributed by atoms with Gasteiger partial charge in [-0.3, -0.25) is 9.59 Å². The Kier molecular flexibility index (Phi) is 5.43. The molecule has 122 valence electrons. The number of allylic oxidation sites excluding steroid dienone is 2. The fraction of sp³-hybridized carbons (Fsp3) is 0.667. The SMILES string of the molecule is C/C=C(\C=C/C1CC1)C(=O)N1CCN(C(=O)C(C)C)CC1C. The summed E-state index contributed by atoms with van der Waals surface area (Å²) in [5.41, 5.74) is 0.766. The molecule has 2 aliphatic rings. The van der Waals surface area contributed by atoms with Gasteiger partial charge in [0.1, 0.15) is 0 Å². The standard InChI is InChI=1S/C18H28N2O2/c1-5-16(9-8-15-6-7-15)18(22)20-11-10-19(12-14(20)4)17(21)13(2)3/h5,8-9,13-15H,6-7,10-12H2,1-4H3/b9-8-,16-5+. The molecule has 2 rings (SSSR count). The molecule has 0 spiro atoms. The zero-order chi connectivity index (χ0) is 16.3. The molecule has 1 aliphatic carbocycles. The molecular weight excluding hydrogens is 276 g/mol. The average Bonchev–Trinajstić information content (AvgIpc) is 3.30. The van der Waals surface area contributed by atoms with Gasteiger partial charge in [-0.1, -0.05) is 32.1 Å². The molecular formula is C18H28N2O2. The molecule has 4 heteroatoms. The summed E-state index contributed by atoms with van der Waals surface area (Å²) >= 11 is 0. The van der Waals surface area contributed by atoms with Crippen LogP contribution in [0.3, 0.4) is 0 Å². The first-order valence-corrected chi connectivity index (χ1v) is 8.38. The highest BCUT2D eigenvalue weighted by molar-refractivity contribution is 5.96. The van der Waals surface area contributed by atoms with Gasteiger partial charge >= 0.3 is 0 Å². The molecule has 2 amide bonds. The maximum absolute atomic E-state index is 12.7. The Bertz CT molecular complexity index is 489. The first kappa shape index (κ1) is 16.8. The van der Waals surface area contributed by atoms with Crippen molar-refractivity contribution in [2.24, 2.45) is 11.8 Å². The largest absolute Gasteiger partial charge is 0.339 e. The number of nitrogens with zero attached hydrogens (tertiary/aromatic N) is 2. The summed E-state index contributed by atoms with van der Waals surface area (Å²) in [6, 6.07) is 0.0632. The molecule has 4 nitrogen and oxygen atoms in total. The van der Waals surface area contributed by atoms with Gasteiger partial charge in [0, 0.05) is 37.2 Å².